The summed E-state index contributed by atoms with van der Waals surface area (Å²) in [6.07, 6.45) is 0. The lowest BCUT2D eigenvalue weighted by Gasteiger charge is -2.02. The van der Waals surface area contributed by atoms with Gasteiger partial charge in [-0.25, -0.2) is 4.68 Å². The lowest BCUT2D eigenvalue weighted by atomic mass is 10.2. The smallest absolute Gasteiger partial charge is 0.241 e. The molecule has 0 bridgehead atoms. The fourth-order valence-corrected chi connectivity index (χ4v) is 2.04. The molecule has 0 radical (unpaired) electrons. The Morgan fingerprint density at radius 2 is 2.00 bits per heavy atom. The van der Waals surface area contributed by atoms with Crippen LogP contribution < -0.4 is 11.6 Å². The molecular weight excluding hydrogens is 281 g/mol. The van der Waals surface area contributed by atoms with Gasteiger partial charge in [-0.3, -0.25) is 0 Å². The molecule has 5 nitrogen and oxygen atoms in total. The Kier molecular flexibility index (Phi) is 2.54. The van der Waals surface area contributed by atoms with Gasteiger partial charge in [-0.05, 0) is 18.2 Å². The Balaban J connectivity index is 2.58. The average molecular weight is 289 g/mol. The molecular formula is C8H7BrClN5. The third-order valence-corrected chi connectivity index (χ3v) is 2.52. The van der Waals surface area contributed by atoms with E-state index in [1.165, 1.54) is 4.68 Å². The quantitative estimate of drug-likeness (QED) is 0.782. The van der Waals surface area contributed by atoms with Gasteiger partial charge in [0, 0.05) is 15.1 Å². The molecule has 0 aliphatic carbocycles. The second-order valence-electron chi connectivity index (χ2n) is 2.91. The Morgan fingerprint density at radius 1 is 1.27 bits per heavy atom. The monoisotopic (exact) mass is 287 g/mol. The summed E-state index contributed by atoms with van der Waals surface area (Å²) in [6.45, 7) is 0. The summed E-state index contributed by atoms with van der Waals surface area (Å²) in [5, 5.41) is 8.09. The number of hydrogen-bond donors (Lipinski definition) is 2. The molecule has 1 heterocycles. The van der Waals surface area contributed by atoms with Crippen LogP contribution in [-0.2, 0) is 0 Å². The number of rotatable bonds is 1. The molecule has 0 saturated heterocycles. The number of nitrogen functional groups attached to an aromatic ring is 2. The van der Waals surface area contributed by atoms with Gasteiger partial charge in [-0.1, -0.05) is 27.5 Å². The first-order chi connectivity index (χ1) is 7.08. The van der Waals surface area contributed by atoms with Crippen LogP contribution in [0.4, 0.5) is 5.95 Å². The molecule has 2 rings (SSSR count). The topological polar surface area (TPSA) is 82.8 Å². The van der Waals surface area contributed by atoms with E-state index in [-0.39, 0.29) is 5.95 Å². The van der Waals surface area contributed by atoms with Gasteiger partial charge < -0.3 is 11.6 Å². The van der Waals surface area contributed by atoms with Crippen molar-refractivity contribution in [3.63, 3.8) is 0 Å². The van der Waals surface area contributed by atoms with Crippen LogP contribution in [0, 0.1) is 0 Å². The van der Waals surface area contributed by atoms with Crippen molar-refractivity contribution in [3.05, 3.63) is 27.7 Å². The van der Waals surface area contributed by atoms with Crippen LogP contribution in [0.1, 0.15) is 0 Å². The van der Waals surface area contributed by atoms with E-state index in [1.54, 1.807) is 12.1 Å². The Labute approximate surface area is 99.1 Å². The number of hydrogen-bond acceptors (Lipinski definition) is 4. The van der Waals surface area contributed by atoms with E-state index in [2.05, 4.69) is 26.1 Å². The normalized spacial score (nSPS) is 10.5. The lowest BCUT2D eigenvalue weighted by molar-refractivity contribution is 1.02. The van der Waals surface area contributed by atoms with Crippen molar-refractivity contribution in [3.8, 4) is 11.4 Å². The summed E-state index contributed by atoms with van der Waals surface area (Å²) in [7, 11) is 0. The molecule has 2 aromatic rings. The number of halogens is 2. The molecule has 1 aromatic heterocycles. The second kappa shape index (κ2) is 3.71. The Morgan fingerprint density at radius 3 is 2.53 bits per heavy atom. The number of nitrogens with two attached hydrogens (primary N) is 2. The van der Waals surface area contributed by atoms with Gasteiger partial charge in [-0.15, -0.1) is 10.2 Å². The van der Waals surface area contributed by atoms with Gasteiger partial charge in [0.25, 0.3) is 0 Å². The van der Waals surface area contributed by atoms with Crippen molar-refractivity contribution in [1.29, 1.82) is 0 Å². The third-order valence-electron chi connectivity index (χ3n) is 1.84. The van der Waals surface area contributed by atoms with Crippen molar-refractivity contribution < 1.29 is 0 Å². The van der Waals surface area contributed by atoms with Crippen LogP contribution in [0.5, 0.6) is 0 Å². The maximum atomic E-state index is 5.90. The van der Waals surface area contributed by atoms with Gasteiger partial charge in [0.1, 0.15) is 0 Å². The van der Waals surface area contributed by atoms with Crippen LogP contribution in [0.15, 0.2) is 22.7 Å². The van der Waals surface area contributed by atoms with E-state index >= 15 is 0 Å². The molecule has 78 valence electrons. The zero-order valence-electron chi connectivity index (χ0n) is 7.48. The minimum absolute atomic E-state index is 0.154. The van der Waals surface area contributed by atoms with Crippen LogP contribution in [0.3, 0.4) is 0 Å². The van der Waals surface area contributed by atoms with E-state index < -0.39 is 0 Å². The lowest BCUT2D eigenvalue weighted by Crippen LogP contribution is -2.13. The van der Waals surface area contributed by atoms with Crippen molar-refractivity contribution in [2.24, 2.45) is 0 Å². The van der Waals surface area contributed by atoms with Crippen molar-refractivity contribution in [2.75, 3.05) is 11.6 Å². The average Bonchev–Trinajstić information content (AvgIpc) is 2.46. The molecule has 1 aromatic carbocycles. The highest BCUT2D eigenvalue weighted by molar-refractivity contribution is 9.10. The van der Waals surface area contributed by atoms with Gasteiger partial charge >= 0.3 is 0 Å². The van der Waals surface area contributed by atoms with E-state index in [0.717, 1.165) is 10.0 Å². The molecule has 0 amide bonds. The van der Waals surface area contributed by atoms with Crippen LogP contribution in [-0.4, -0.2) is 14.9 Å². The molecule has 15 heavy (non-hydrogen) atoms. The fraction of sp³-hybridized carbons (Fsp3) is 0. The molecule has 0 saturated carbocycles. The SMILES string of the molecule is Nc1nnc(-c2cc(Cl)cc(Br)c2)n1N. The standard InChI is InChI=1S/C8H7BrClN5/c9-5-1-4(2-6(10)3-5)7-13-14-8(11)15(7)12/h1-3H,12H2,(H2,11,14). The predicted octanol–water partition coefficient (Wildman–Crippen LogP) is 1.66. The maximum absolute atomic E-state index is 5.90. The minimum Gasteiger partial charge on any atom is -0.366 e. The predicted molar refractivity (Wildman–Crippen MR) is 62.7 cm³/mol. The highest BCUT2D eigenvalue weighted by atomic mass is 79.9. The summed E-state index contributed by atoms with van der Waals surface area (Å²) in [5.74, 6) is 6.27. The van der Waals surface area contributed by atoms with E-state index in [4.69, 9.17) is 23.2 Å². The minimum atomic E-state index is 0.154. The third kappa shape index (κ3) is 1.91. The molecule has 7 heteroatoms. The molecule has 0 spiro atoms. The maximum Gasteiger partial charge on any atom is 0.241 e. The summed E-state index contributed by atoms with van der Waals surface area (Å²) >= 11 is 9.23. The van der Waals surface area contributed by atoms with Crippen molar-refractivity contribution in [1.82, 2.24) is 14.9 Å². The fourth-order valence-electron chi connectivity index (χ4n) is 1.18. The van der Waals surface area contributed by atoms with Gasteiger partial charge in [0.15, 0.2) is 5.82 Å². The van der Waals surface area contributed by atoms with Gasteiger partial charge in [0.05, 0.1) is 0 Å². The molecule has 0 atom stereocenters. The van der Waals surface area contributed by atoms with Gasteiger partial charge in [-0.2, -0.15) is 0 Å². The first-order valence-electron chi connectivity index (χ1n) is 4.00. The Bertz CT molecular complexity index is 489. The van der Waals surface area contributed by atoms with E-state index in [9.17, 15) is 0 Å². The van der Waals surface area contributed by atoms with Crippen LogP contribution in [0.2, 0.25) is 5.02 Å². The van der Waals surface area contributed by atoms with E-state index in [1.807, 2.05) is 6.07 Å². The van der Waals surface area contributed by atoms with E-state index in [0.29, 0.717) is 10.8 Å². The Hall–Kier alpha value is -1.27. The summed E-state index contributed by atoms with van der Waals surface area (Å²) in [6, 6.07) is 5.34. The molecule has 0 aliphatic rings. The number of benzene rings is 1. The number of nitrogens with zero attached hydrogens (tertiary/aromatic N) is 3. The first kappa shape index (κ1) is 10.3. The molecule has 4 N–H and O–H groups in total. The van der Waals surface area contributed by atoms with Crippen molar-refractivity contribution in [2.45, 2.75) is 0 Å². The molecule has 0 fully saturated rings. The number of aromatic nitrogens is 3. The second-order valence-corrected chi connectivity index (χ2v) is 4.26. The summed E-state index contributed by atoms with van der Waals surface area (Å²) < 4.78 is 2.05. The highest BCUT2D eigenvalue weighted by Crippen LogP contribution is 2.26. The zero-order valence-corrected chi connectivity index (χ0v) is 9.83. The first-order valence-corrected chi connectivity index (χ1v) is 5.17. The van der Waals surface area contributed by atoms with Gasteiger partial charge in [0.2, 0.25) is 5.95 Å². The highest BCUT2D eigenvalue weighted by Gasteiger charge is 2.10. The summed E-state index contributed by atoms with van der Waals surface area (Å²) in [5.41, 5.74) is 6.22. The molecule has 0 unspecified atom stereocenters. The molecule has 0 aliphatic heterocycles. The summed E-state index contributed by atoms with van der Waals surface area (Å²) in [4.78, 5) is 0. The van der Waals surface area contributed by atoms with Crippen LogP contribution in [0.25, 0.3) is 11.4 Å². The number of anilines is 1. The zero-order chi connectivity index (χ0) is 11.0. The van der Waals surface area contributed by atoms with Crippen LogP contribution >= 0.6 is 27.5 Å². The van der Waals surface area contributed by atoms with Crippen molar-refractivity contribution >= 4 is 33.5 Å². The largest absolute Gasteiger partial charge is 0.366 e.